The monoisotopic (exact) mass is 233 g/mol. The quantitative estimate of drug-likeness (QED) is 0.825. The summed E-state index contributed by atoms with van der Waals surface area (Å²) in [6.07, 6.45) is 0. The predicted octanol–water partition coefficient (Wildman–Crippen LogP) is 4.12. The molecule has 0 radical (unpaired) electrons. The zero-order valence-corrected chi connectivity index (χ0v) is 12.2. The van der Waals surface area contributed by atoms with Crippen LogP contribution in [0.3, 0.4) is 0 Å². The fraction of sp³-hybridized carbons (Fsp3) is 0.625. The topological polar surface area (TPSA) is 12.0 Å². The minimum absolute atomic E-state index is 0.190. The Morgan fingerprint density at radius 1 is 1.12 bits per heavy atom. The Hall–Kier alpha value is -0.820. The first-order chi connectivity index (χ1) is 7.81. The van der Waals surface area contributed by atoms with Crippen LogP contribution in [0.15, 0.2) is 24.3 Å². The molecule has 1 N–H and O–H groups in total. The fourth-order valence-electron chi connectivity index (χ4n) is 2.12. The molecule has 0 saturated carbocycles. The van der Waals surface area contributed by atoms with E-state index in [1.807, 2.05) is 0 Å². The highest BCUT2D eigenvalue weighted by Crippen LogP contribution is 2.26. The van der Waals surface area contributed by atoms with Crippen LogP contribution in [0.25, 0.3) is 0 Å². The van der Waals surface area contributed by atoms with E-state index in [0.29, 0.717) is 11.8 Å². The lowest BCUT2D eigenvalue weighted by molar-refractivity contribution is 0.371. The van der Waals surface area contributed by atoms with E-state index in [2.05, 4.69) is 71.1 Å². The zero-order valence-electron chi connectivity index (χ0n) is 12.2. The average molecular weight is 233 g/mol. The second-order valence-corrected chi connectivity index (χ2v) is 6.34. The Bertz CT molecular complexity index is 347. The second kappa shape index (κ2) is 5.68. The van der Waals surface area contributed by atoms with Crippen LogP contribution >= 0.6 is 0 Å². The second-order valence-electron chi connectivity index (χ2n) is 6.34. The van der Waals surface area contributed by atoms with Crippen LogP contribution in [0, 0.1) is 12.8 Å². The largest absolute Gasteiger partial charge is 0.311 e. The van der Waals surface area contributed by atoms with Gasteiger partial charge in [0, 0.05) is 12.1 Å². The van der Waals surface area contributed by atoms with Crippen molar-refractivity contribution in [2.45, 2.75) is 53.0 Å². The van der Waals surface area contributed by atoms with Gasteiger partial charge in [-0.15, -0.1) is 0 Å². The van der Waals surface area contributed by atoms with Crippen LogP contribution in [0.5, 0.6) is 0 Å². The minimum Gasteiger partial charge on any atom is -0.311 e. The lowest BCUT2D eigenvalue weighted by atomic mass is 9.85. The summed E-state index contributed by atoms with van der Waals surface area (Å²) in [6, 6.07) is 8.74. The van der Waals surface area contributed by atoms with Gasteiger partial charge in [0.1, 0.15) is 0 Å². The molecule has 1 rings (SSSR count). The molecule has 0 fully saturated rings. The van der Waals surface area contributed by atoms with E-state index in [1.54, 1.807) is 0 Å². The summed E-state index contributed by atoms with van der Waals surface area (Å²) in [7, 11) is 0. The highest BCUT2D eigenvalue weighted by Gasteiger charge is 2.19. The fourth-order valence-corrected chi connectivity index (χ4v) is 2.12. The van der Waals surface area contributed by atoms with Gasteiger partial charge in [0.25, 0.3) is 0 Å². The molecule has 0 amide bonds. The Kier molecular flexibility index (Phi) is 4.76. The van der Waals surface area contributed by atoms with Crippen molar-refractivity contribution in [3.8, 4) is 0 Å². The molecule has 96 valence electrons. The molecule has 1 nitrogen and oxygen atoms in total. The molecule has 0 heterocycles. The number of hydrogen-bond donors (Lipinski definition) is 1. The third-order valence-electron chi connectivity index (χ3n) is 3.24. The smallest absolute Gasteiger partial charge is 0.00967 e. The first kappa shape index (κ1) is 14.2. The van der Waals surface area contributed by atoms with Crippen molar-refractivity contribution in [3.05, 3.63) is 35.4 Å². The van der Waals surface area contributed by atoms with Crippen molar-refractivity contribution in [3.63, 3.8) is 0 Å². The standard InChI is InChI=1S/C16H27N/c1-12(2)15(11-17-16(4,5)6)14-10-8-7-9-13(14)3/h7-10,12,15,17H,11H2,1-6H3. The van der Waals surface area contributed by atoms with E-state index in [1.165, 1.54) is 11.1 Å². The molecule has 0 saturated heterocycles. The Labute approximate surface area is 107 Å². The van der Waals surface area contributed by atoms with Gasteiger partial charge in [-0.25, -0.2) is 0 Å². The van der Waals surface area contributed by atoms with Gasteiger partial charge in [0.2, 0.25) is 0 Å². The average Bonchev–Trinajstić information content (AvgIpc) is 2.18. The Morgan fingerprint density at radius 2 is 1.71 bits per heavy atom. The molecule has 1 unspecified atom stereocenters. The van der Waals surface area contributed by atoms with Crippen molar-refractivity contribution in [1.82, 2.24) is 5.32 Å². The van der Waals surface area contributed by atoms with E-state index >= 15 is 0 Å². The van der Waals surface area contributed by atoms with E-state index < -0.39 is 0 Å². The summed E-state index contributed by atoms with van der Waals surface area (Å²) in [5, 5.41) is 3.63. The maximum atomic E-state index is 3.63. The van der Waals surface area contributed by atoms with E-state index in [9.17, 15) is 0 Å². The number of hydrogen-bond acceptors (Lipinski definition) is 1. The number of rotatable bonds is 4. The maximum Gasteiger partial charge on any atom is 0.00967 e. The SMILES string of the molecule is Cc1ccccc1C(CNC(C)(C)C)C(C)C. The van der Waals surface area contributed by atoms with Crippen molar-refractivity contribution in [2.75, 3.05) is 6.54 Å². The first-order valence-corrected chi connectivity index (χ1v) is 6.62. The molecule has 17 heavy (non-hydrogen) atoms. The molecular weight excluding hydrogens is 206 g/mol. The highest BCUT2D eigenvalue weighted by molar-refractivity contribution is 5.29. The third kappa shape index (κ3) is 4.51. The van der Waals surface area contributed by atoms with Gasteiger partial charge >= 0.3 is 0 Å². The molecule has 1 atom stereocenters. The van der Waals surface area contributed by atoms with Gasteiger partial charge < -0.3 is 5.32 Å². The highest BCUT2D eigenvalue weighted by atomic mass is 14.9. The van der Waals surface area contributed by atoms with Gasteiger partial charge in [0.15, 0.2) is 0 Å². The minimum atomic E-state index is 0.190. The summed E-state index contributed by atoms with van der Waals surface area (Å²) in [5.74, 6) is 1.25. The maximum absolute atomic E-state index is 3.63. The van der Waals surface area contributed by atoms with E-state index in [0.717, 1.165) is 6.54 Å². The van der Waals surface area contributed by atoms with Crippen LogP contribution in [0.2, 0.25) is 0 Å². The van der Waals surface area contributed by atoms with E-state index in [-0.39, 0.29) is 5.54 Å². The van der Waals surface area contributed by atoms with Crippen molar-refractivity contribution in [1.29, 1.82) is 0 Å². The molecule has 0 bridgehead atoms. The molecule has 0 aliphatic carbocycles. The molecule has 0 aliphatic heterocycles. The summed E-state index contributed by atoms with van der Waals surface area (Å²) in [5.41, 5.74) is 3.08. The van der Waals surface area contributed by atoms with Gasteiger partial charge in [-0.3, -0.25) is 0 Å². The third-order valence-corrected chi connectivity index (χ3v) is 3.24. The Balaban J connectivity index is 2.84. The molecule has 0 aromatic heterocycles. The molecule has 0 spiro atoms. The van der Waals surface area contributed by atoms with Crippen molar-refractivity contribution < 1.29 is 0 Å². The number of aryl methyl sites for hydroxylation is 1. The summed E-state index contributed by atoms with van der Waals surface area (Å²) < 4.78 is 0. The number of nitrogens with one attached hydrogen (secondary N) is 1. The Morgan fingerprint density at radius 3 is 2.18 bits per heavy atom. The molecule has 1 aromatic carbocycles. The van der Waals surface area contributed by atoms with Crippen LogP contribution in [0.1, 0.15) is 51.7 Å². The zero-order chi connectivity index (χ0) is 13.1. The number of benzene rings is 1. The molecule has 0 aliphatic rings. The van der Waals surface area contributed by atoms with Gasteiger partial charge in [0.05, 0.1) is 0 Å². The van der Waals surface area contributed by atoms with E-state index in [4.69, 9.17) is 0 Å². The summed E-state index contributed by atoms with van der Waals surface area (Å²) >= 11 is 0. The van der Waals surface area contributed by atoms with Crippen LogP contribution in [-0.4, -0.2) is 12.1 Å². The molecule has 1 aromatic rings. The van der Waals surface area contributed by atoms with Crippen LogP contribution in [-0.2, 0) is 0 Å². The molecule has 1 heteroatoms. The van der Waals surface area contributed by atoms with Gasteiger partial charge in [-0.05, 0) is 50.7 Å². The predicted molar refractivity (Wildman–Crippen MR) is 76.5 cm³/mol. The first-order valence-electron chi connectivity index (χ1n) is 6.62. The van der Waals surface area contributed by atoms with Crippen molar-refractivity contribution in [2.24, 2.45) is 5.92 Å². The summed E-state index contributed by atoms with van der Waals surface area (Å²) in [4.78, 5) is 0. The van der Waals surface area contributed by atoms with Gasteiger partial charge in [-0.1, -0.05) is 38.1 Å². The van der Waals surface area contributed by atoms with Crippen LogP contribution in [0.4, 0.5) is 0 Å². The van der Waals surface area contributed by atoms with Crippen LogP contribution < -0.4 is 5.32 Å². The van der Waals surface area contributed by atoms with Gasteiger partial charge in [-0.2, -0.15) is 0 Å². The van der Waals surface area contributed by atoms with Crippen molar-refractivity contribution >= 4 is 0 Å². The summed E-state index contributed by atoms with van der Waals surface area (Å²) in [6.45, 7) is 14.5. The molecular formula is C16H27N. The lowest BCUT2D eigenvalue weighted by Gasteiger charge is -2.28. The normalized spacial score (nSPS) is 14.1. The lowest BCUT2D eigenvalue weighted by Crippen LogP contribution is -2.39.